The lowest BCUT2D eigenvalue weighted by atomic mass is 10.0. The number of nitrogens with one attached hydrogen (secondary N) is 1. The number of likely N-dealkylation sites (N-methyl/N-ethyl adjacent to an activating group) is 1. The fourth-order valence-corrected chi connectivity index (χ4v) is 4.51. The highest BCUT2D eigenvalue weighted by atomic mass is 79.9. The minimum Gasteiger partial charge on any atom is -0.456 e. The third-order valence-electron chi connectivity index (χ3n) is 5.66. The summed E-state index contributed by atoms with van der Waals surface area (Å²) in [5.41, 5.74) is 2.30. The molecule has 1 N–H and O–H groups in total. The van der Waals surface area contributed by atoms with Crippen molar-refractivity contribution in [3.05, 3.63) is 56.7 Å². The summed E-state index contributed by atoms with van der Waals surface area (Å²) in [7, 11) is 2.15. The quantitative estimate of drug-likeness (QED) is 0.633. The third kappa shape index (κ3) is 2.87. The highest BCUT2D eigenvalue weighted by Gasteiger charge is 2.30. The molecule has 3 heterocycles. The predicted molar refractivity (Wildman–Crippen MR) is 112 cm³/mol. The lowest BCUT2D eigenvalue weighted by Crippen LogP contribution is -2.40. The number of hydrogen-bond donors (Lipinski definition) is 1. The van der Waals surface area contributed by atoms with Gasteiger partial charge in [0.25, 0.3) is 0 Å². The number of likely N-dealkylation sites (tertiary alicyclic amines) is 1. The first-order valence-electron chi connectivity index (χ1n) is 9.27. The van der Waals surface area contributed by atoms with E-state index in [1.165, 1.54) is 6.42 Å². The molecule has 2 aliphatic heterocycles. The van der Waals surface area contributed by atoms with E-state index in [1.807, 2.05) is 36.4 Å². The molecule has 5 nitrogen and oxygen atoms in total. The molecule has 0 bridgehead atoms. The molecular weight excluding hydrogens is 406 g/mol. The van der Waals surface area contributed by atoms with Gasteiger partial charge in [0.2, 0.25) is 5.43 Å². The zero-order valence-electron chi connectivity index (χ0n) is 15.0. The Labute approximate surface area is 165 Å². The van der Waals surface area contributed by atoms with Crippen LogP contribution < -0.4 is 10.7 Å². The second-order valence-electron chi connectivity index (χ2n) is 7.39. The maximum absolute atomic E-state index is 13.0. The van der Waals surface area contributed by atoms with Crippen LogP contribution in [0.1, 0.15) is 24.4 Å². The summed E-state index contributed by atoms with van der Waals surface area (Å²) in [5.74, 6) is 1.08. The topological polar surface area (TPSA) is 57.8 Å². The van der Waals surface area contributed by atoms with Gasteiger partial charge in [0.15, 0.2) is 0 Å². The molecule has 0 amide bonds. The summed E-state index contributed by atoms with van der Waals surface area (Å²) < 4.78 is 6.85. The molecule has 1 aromatic heterocycles. The monoisotopic (exact) mass is 425 g/mol. The van der Waals surface area contributed by atoms with Gasteiger partial charge >= 0.3 is 0 Å². The second-order valence-corrected chi connectivity index (χ2v) is 8.30. The Bertz CT molecular complexity index is 1140. The number of rotatable bonds is 2. The predicted octanol–water partition coefficient (Wildman–Crippen LogP) is 3.85. The van der Waals surface area contributed by atoms with Crippen molar-refractivity contribution < 1.29 is 4.42 Å². The van der Waals surface area contributed by atoms with E-state index in [1.54, 1.807) is 0 Å². The van der Waals surface area contributed by atoms with Gasteiger partial charge in [0.05, 0.1) is 29.4 Å². The van der Waals surface area contributed by atoms with Crippen LogP contribution in [-0.4, -0.2) is 36.9 Å². The smallest absolute Gasteiger partial charge is 0.200 e. The normalized spacial score (nSPS) is 23.1. The molecule has 2 atom stereocenters. The summed E-state index contributed by atoms with van der Waals surface area (Å²) in [6, 6.07) is 11.9. The van der Waals surface area contributed by atoms with Gasteiger partial charge in [-0.3, -0.25) is 14.7 Å². The van der Waals surface area contributed by atoms with E-state index < -0.39 is 0 Å². The highest BCUT2D eigenvalue weighted by molar-refractivity contribution is 9.10. The van der Waals surface area contributed by atoms with Crippen LogP contribution in [0, 0.1) is 0 Å². The maximum atomic E-state index is 13.0. The van der Waals surface area contributed by atoms with E-state index >= 15 is 0 Å². The first kappa shape index (κ1) is 17.0. The summed E-state index contributed by atoms with van der Waals surface area (Å²) in [5, 5.41) is 4.80. The van der Waals surface area contributed by atoms with Crippen LogP contribution in [0.25, 0.3) is 21.9 Å². The zero-order chi connectivity index (χ0) is 18.5. The average Bonchev–Trinajstić information content (AvgIpc) is 3.30. The zero-order valence-corrected chi connectivity index (χ0v) is 16.6. The summed E-state index contributed by atoms with van der Waals surface area (Å²) in [6.07, 6.45) is 2.37. The van der Waals surface area contributed by atoms with Gasteiger partial charge in [0.1, 0.15) is 17.0 Å². The number of benzene rings is 2. The van der Waals surface area contributed by atoms with Crippen LogP contribution in [0.15, 0.2) is 55.1 Å². The molecule has 0 spiro atoms. The summed E-state index contributed by atoms with van der Waals surface area (Å²) in [6.45, 7) is 1.83. The van der Waals surface area contributed by atoms with Crippen molar-refractivity contribution >= 4 is 43.7 Å². The Hall–Kier alpha value is -2.18. The van der Waals surface area contributed by atoms with Crippen LogP contribution in [0.5, 0.6) is 0 Å². The Morgan fingerprint density at radius 3 is 2.89 bits per heavy atom. The summed E-state index contributed by atoms with van der Waals surface area (Å²) >= 11 is 3.43. The molecule has 0 saturated carbocycles. The Morgan fingerprint density at radius 1 is 1.19 bits per heavy atom. The molecule has 6 heteroatoms. The molecule has 138 valence electrons. The molecule has 2 aromatic carbocycles. The van der Waals surface area contributed by atoms with E-state index in [2.05, 4.69) is 33.2 Å². The van der Waals surface area contributed by atoms with Gasteiger partial charge in [-0.25, -0.2) is 0 Å². The first-order valence-corrected chi connectivity index (χ1v) is 10.1. The van der Waals surface area contributed by atoms with Gasteiger partial charge in [0, 0.05) is 4.47 Å². The molecule has 1 saturated heterocycles. The lowest BCUT2D eigenvalue weighted by Gasteiger charge is -2.21. The summed E-state index contributed by atoms with van der Waals surface area (Å²) in [4.78, 5) is 20.1. The van der Waals surface area contributed by atoms with Crippen molar-refractivity contribution in [1.29, 1.82) is 0 Å². The number of fused-ring (bicyclic) bond motifs is 2. The largest absolute Gasteiger partial charge is 0.456 e. The molecular formula is C21H20BrN3O2. The van der Waals surface area contributed by atoms with Gasteiger partial charge in [-0.1, -0.05) is 22.0 Å². The Balaban J connectivity index is 1.50. The number of amidine groups is 1. The van der Waals surface area contributed by atoms with Crippen molar-refractivity contribution in [2.75, 3.05) is 20.1 Å². The molecule has 1 unspecified atom stereocenters. The Kier molecular flexibility index (Phi) is 4.06. The average molecular weight is 426 g/mol. The van der Waals surface area contributed by atoms with Crippen LogP contribution >= 0.6 is 15.9 Å². The molecule has 0 radical (unpaired) electrons. The van der Waals surface area contributed by atoms with E-state index in [-0.39, 0.29) is 11.5 Å². The van der Waals surface area contributed by atoms with E-state index in [9.17, 15) is 4.79 Å². The molecule has 5 rings (SSSR count). The number of hydrogen-bond acceptors (Lipinski definition) is 5. The minimum absolute atomic E-state index is 0.00950. The number of nitrogens with zero attached hydrogens (tertiary/aromatic N) is 2. The molecule has 1 fully saturated rings. The van der Waals surface area contributed by atoms with Crippen molar-refractivity contribution in [2.45, 2.75) is 24.9 Å². The van der Waals surface area contributed by atoms with E-state index in [0.29, 0.717) is 34.5 Å². The second kappa shape index (κ2) is 6.46. The van der Waals surface area contributed by atoms with Crippen LogP contribution in [0.4, 0.5) is 0 Å². The van der Waals surface area contributed by atoms with E-state index in [0.717, 1.165) is 28.8 Å². The fourth-order valence-electron chi connectivity index (χ4n) is 4.17. The fraction of sp³-hybridized carbons (Fsp3) is 0.333. The Morgan fingerprint density at radius 2 is 2.07 bits per heavy atom. The third-order valence-corrected chi connectivity index (χ3v) is 6.15. The SMILES string of the molecule is CN1CCC[C@H]1C1=NCC(c2ccc3oc4cc(Br)ccc4c(=O)c3c2)N1. The van der Waals surface area contributed by atoms with Gasteiger partial charge in [-0.15, -0.1) is 0 Å². The molecule has 2 aliphatic rings. The number of halogens is 1. The first-order chi connectivity index (χ1) is 13.1. The maximum Gasteiger partial charge on any atom is 0.200 e. The van der Waals surface area contributed by atoms with Gasteiger partial charge in [-0.2, -0.15) is 0 Å². The van der Waals surface area contributed by atoms with Crippen molar-refractivity contribution in [2.24, 2.45) is 4.99 Å². The van der Waals surface area contributed by atoms with Crippen LogP contribution in [0.2, 0.25) is 0 Å². The van der Waals surface area contributed by atoms with E-state index in [4.69, 9.17) is 9.41 Å². The standard InChI is InChI=1S/C21H20BrN3O2/c1-25-8-2-3-17(25)21-23-11-16(24-21)12-4-7-18-15(9-12)20(26)14-6-5-13(22)10-19(14)27-18/h4-7,9-10,16-17H,2-3,8,11H2,1H3,(H,23,24)/t16?,17-/m0/s1. The van der Waals surface area contributed by atoms with Gasteiger partial charge < -0.3 is 9.73 Å². The van der Waals surface area contributed by atoms with Crippen LogP contribution in [0.3, 0.4) is 0 Å². The molecule has 27 heavy (non-hydrogen) atoms. The van der Waals surface area contributed by atoms with Crippen molar-refractivity contribution in [1.82, 2.24) is 10.2 Å². The molecule has 0 aliphatic carbocycles. The van der Waals surface area contributed by atoms with Crippen molar-refractivity contribution in [3.8, 4) is 0 Å². The number of aliphatic imine (C=N–C) groups is 1. The van der Waals surface area contributed by atoms with Crippen molar-refractivity contribution in [3.63, 3.8) is 0 Å². The minimum atomic E-state index is 0.00950. The van der Waals surface area contributed by atoms with Crippen LogP contribution in [-0.2, 0) is 0 Å². The van der Waals surface area contributed by atoms with Gasteiger partial charge in [-0.05, 0) is 62.3 Å². The highest BCUT2D eigenvalue weighted by Crippen LogP contribution is 2.27. The molecule has 3 aromatic rings. The lowest BCUT2D eigenvalue weighted by molar-refractivity contribution is 0.368.